The fraction of sp³-hybridized carbons (Fsp3) is 1.00. The summed E-state index contributed by atoms with van der Waals surface area (Å²) in [5.74, 6) is 0. The van der Waals surface area contributed by atoms with Gasteiger partial charge < -0.3 is 0 Å². The number of hydrogen-bond acceptors (Lipinski definition) is 2. The number of halogens is 2. The second kappa shape index (κ2) is 7.50. The Labute approximate surface area is 108 Å². The van der Waals surface area contributed by atoms with Crippen molar-refractivity contribution < 1.29 is 0 Å². The van der Waals surface area contributed by atoms with Gasteiger partial charge in [-0.1, -0.05) is 56.5 Å². The van der Waals surface area contributed by atoms with Crippen LogP contribution in [-0.2, 0) is 0 Å². The fourth-order valence-corrected chi connectivity index (χ4v) is 2.78. The highest BCUT2D eigenvalue weighted by Crippen LogP contribution is 2.35. The molecule has 1 aliphatic rings. The second-order valence-corrected chi connectivity index (χ2v) is 5.93. The number of alkyl halides is 2. The first kappa shape index (κ1) is 14.2. The van der Waals surface area contributed by atoms with Crippen molar-refractivity contribution in [1.82, 2.24) is 0 Å². The predicted octanol–water partition coefficient (Wildman–Crippen LogP) is 5.21. The Kier molecular flexibility index (Phi) is 6.67. The third kappa shape index (κ3) is 4.58. The van der Waals surface area contributed by atoms with Gasteiger partial charge in [0.1, 0.15) is 0 Å². The quantitative estimate of drug-likeness (QED) is 0.364. The average molecular weight is 266 g/mol. The maximum Gasteiger partial charge on any atom is 0.191 e. The van der Waals surface area contributed by atoms with E-state index in [1.807, 2.05) is 0 Å². The molecule has 0 aromatic carbocycles. The van der Waals surface area contributed by atoms with Crippen LogP contribution < -0.4 is 0 Å². The van der Waals surface area contributed by atoms with Crippen LogP contribution >= 0.6 is 23.2 Å². The summed E-state index contributed by atoms with van der Waals surface area (Å²) in [6, 6.07) is 0. The summed E-state index contributed by atoms with van der Waals surface area (Å²) in [5.41, 5.74) is 0. The van der Waals surface area contributed by atoms with Crippen molar-refractivity contribution in [3.8, 4) is 0 Å². The van der Waals surface area contributed by atoms with E-state index in [0.717, 1.165) is 25.7 Å². The zero-order valence-electron chi connectivity index (χ0n) is 9.76. The number of nitrogens with zero attached hydrogens (tertiary/aromatic N) is 1. The summed E-state index contributed by atoms with van der Waals surface area (Å²) in [6.07, 6.45) is 10.9. The largest absolute Gasteiger partial charge is 0.191 e. The Morgan fingerprint density at radius 2 is 1.44 bits per heavy atom. The molecule has 1 fully saturated rings. The van der Waals surface area contributed by atoms with E-state index in [-0.39, 0.29) is 5.38 Å². The van der Waals surface area contributed by atoms with Crippen molar-refractivity contribution >= 4 is 23.2 Å². The number of hydrogen-bond donors (Lipinski definition) is 0. The topological polar surface area (TPSA) is 29.4 Å². The fourth-order valence-electron chi connectivity index (χ4n) is 2.24. The Morgan fingerprint density at radius 3 is 2.00 bits per heavy atom. The maximum atomic E-state index is 10.8. The monoisotopic (exact) mass is 265 g/mol. The predicted molar refractivity (Wildman–Crippen MR) is 70.2 cm³/mol. The van der Waals surface area contributed by atoms with E-state index in [9.17, 15) is 4.91 Å². The first-order valence-electron chi connectivity index (χ1n) is 6.36. The zero-order chi connectivity index (χ0) is 11.9. The zero-order valence-corrected chi connectivity index (χ0v) is 11.3. The summed E-state index contributed by atoms with van der Waals surface area (Å²) < 4.78 is 0. The minimum atomic E-state index is -1.07. The van der Waals surface area contributed by atoms with Crippen LogP contribution in [0, 0.1) is 4.91 Å². The van der Waals surface area contributed by atoms with Crippen LogP contribution in [0.4, 0.5) is 0 Å². The Morgan fingerprint density at radius 1 is 0.938 bits per heavy atom. The van der Waals surface area contributed by atoms with E-state index in [0.29, 0.717) is 6.42 Å². The smallest absolute Gasteiger partial charge is 0.149 e. The minimum Gasteiger partial charge on any atom is -0.149 e. The molecule has 2 unspecified atom stereocenters. The lowest BCUT2D eigenvalue weighted by atomic mass is 9.97. The molecule has 0 radical (unpaired) electrons. The van der Waals surface area contributed by atoms with Crippen molar-refractivity contribution in [3.63, 3.8) is 0 Å². The lowest BCUT2D eigenvalue weighted by molar-refractivity contribution is 0.437. The Bertz CT molecular complexity index is 213. The average Bonchev–Trinajstić information content (AvgIpc) is 2.29. The molecule has 4 heteroatoms. The molecular formula is C12H21Cl2NO. The molecule has 2 atom stereocenters. The van der Waals surface area contributed by atoms with E-state index >= 15 is 0 Å². The molecule has 0 aromatic rings. The normalized spacial score (nSPS) is 34.8. The van der Waals surface area contributed by atoms with Crippen molar-refractivity contribution in [2.45, 2.75) is 74.6 Å². The van der Waals surface area contributed by atoms with E-state index in [4.69, 9.17) is 23.2 Å². The van der Waals surface area contributed by atoms with E-state index in [1.165, 1.54) is 32.1 Å². The van der Waals surface area contributed by atoms with Gasteiger partial charge >= 0.3 is 0 Å². The van der Waals surface area contributed by atoms with Crippen molar-refractivity contribution in [2.75, 3.05) is 0 Å². The lowest BCUT2D eigenvalue weighted by Crippen LogP contribution is -2.30. The van der Waals surface area contributed by atoms with E-state index < -0.39 is 5.00 Å². The Hall–Kier alpha value is 0.180. The van der Waals surface area contributed by atoms with Gasteiger partial charge in [-0.15, -0.1) is 16.5 Å². The van der Waals surface area contributed by atoms with Gasteiger partial charge in [0.25, 0.3) is 0 Å². The molecule has 0 saturated heterocycles. The molecule has 1 aliphatic carbocycles. The van der Waals surface area contributed by atoms with Crippen molar-refractivity contribution in [2.24, 2.45) is 5.18 Å². The van der Waals surface area contributed by atoms with E-state index in [2.05, 4.69) is 5.18 Å². The van der Waals surface area contributed by atoms with Crippen molar-refractivity contribution in [1.29, 1.82) is 0 Å². The van der Waals surface area contributed by atoms with Crippen molar-refractivity contribution in [3.05, 3.63) is 4.91 Å². The molecule has 1 rings (SSSR count). The first-order valence-corrected chi connectivity index (χ1v) is 7.18. The van der Waals surface area contributed by atoms with Gasteiger partial charge in [-0.2, -0.15) is 0 Å². The third-order valence-corrected chi connectivity index (χ3v) is 4.58. The van der Waals surface area contributed by atoms with Crippen LogP contribution in [0.15, 0.2) is 5.18 Å². The highest BCUT2D eigenvalue weighted by molar-refractivity contribution is 6.32. The van der Waals surface area contributed by atoms with Crippen LogP contribution in [0.3, 0.4) is 0 Å². The van der Waals surface area contributed by atoms with Gasteiger partial charge in [0, 0.05) is 0 Å². The number of rotatable bonds is 1. The molecular weight excluding hydrogens is 245 g/mol. The molecule has 0 aromatic heterocycles. The second-order valence-electron chi connectivity index (χ2n) is 4.74. The van der Waals surface area contributed by atoms with Gasteiger partial charge in [-0.25, -0.2) is 0 Å². The SMILES string of the molecule is O=NC1(Cl)CCCCCCCCCCC1Cl. The van der Waals surface area contributed by atoms with Crippen LogP contribution in [0.2, 0.25) is 0 Å². The Balaban J connectivity index is 2.50. The lowest BCUT2D eigenvalue weighted by Gasteiger charge is -2.24. The summed E-state index contributed by atoms with van der Waals surface area (Å²) in [5, 5.41) is 2.76. The van der Waals surface area contributed by atoms with Gasteiger partial charge in [0.2, 0.25) is 0 Å². The van der Waals surface area contributed by atoms with Crippen LogP contribution in [0.5, 0.6) is 0 Å². The summed E-state index contributed by atoms with van der Waals surface area (Å²) in [7, 11) is 0. The summed E-state index contributed by atoms with van der Waals surface area (Å²) in [6.45, 7) is 0. The van der Waals surface area contributed by atoms with Crippen LogP contribution in [0.25, 0.3) is 0 Å². The summed E-state index contributed by atoms with van der Waals surface area (Å²) in [4.78, 5) is 9.77. The van der Waals surface area contributed by atoms with Gasteiger partial charge in [-0.3, -0.25) is 0 Å². The molecule has 0 aliphatic heterocycles. The van der Waals surface area contributed by atoms with Gasteiger partial charge in [0.05, 0.1) is 5.38 Å². The maximum absolute atomic E-state index is 10.8. The molecule has 0 N–H and O–H groups in total. The van der Waals surface area contributed by atoms with Gasteiger partial charge in [0.15, 0.2) is 5.00 Å². The first-order chi connectivity index (χ1) is 7.69. The van der Waals surface area contributed by atoms with Crippen LogP contribution in [-0.4, -0.2) is 10.4 Å². The third-order valence-electron chi connectivity index (χ3n) is 3.37. The molecule has 0 spiro atoms. The highest BCUT2D eigenvalue weighted by Gasteiger charge is 2.36. The van der Waals surface area contributed by atoms with Crippen LogP contribution in [0.1, 0.15) is 64.2 Å². The standard InChI is InChI=1S/C12H21Cl2NO/c13-11-9-7-5-3-1-2-4-6-8-10-12(11,14)15-16/h11H,1-10H2. The highest BCUT2D eigenvalue weighted by atomic mass is 35.5. The molecule has 1 saturated carbocycles. The number of nitroso groups, excluding NO2 is 1. The van der Waals surface area contributed by atoms with Gasteiger partial charge in [-0.05, 0) is 24.4 Å². The molecule has 94 valence electrons. The van der Waals surface area contributed by atoms with E-state index in [1.54, 1.807) is 0 Å². The molecule has 16 heavy (non-hydrogen) atoms. The molecule has 0 amide bonds. The minimum absolute atomic E-state index is 0.314. The summed E-state index contributed by atoms with van der Waals surface area (Å²) >= 11 is 12.4. The molecule has 0 bridgehead atoms. The molecule has 2 nitrogen and oxygen atoms in total. The molecule has 0 heterocycles.